The highest BCUT2D eigenvalue weighted by atomic mass is 32.2. The number of hydrogen-bond acceptors (Lipinski definition) is 6. The number of sulfone groups is 1. The third-order valence-electron chi connectivity index (χ3n) is 6.55. The fourth-order valence-corrected chi connectivity index (χ4v) is 6.40. The zero-order valence-electron chi connectivity index (χ0n) is 19.1. The van der Waals surface area contributed by atoms with E-state index in [1.165, 1.54) is 18.2 Å². The van der Waals surface area contributed by atoms with E-state index in [1.807, 2.05) is 30.3 Å². The molecule has 0 atom stereocenters. The molecule has 1 heterocycles. The maximum atomic E-state index is 13.2. The summed E-state index contributed by atoms with van der Waals surface area (Å²) in [5.74, 6) is -2.98. The first-order chi connectivity index (χ1) is 17.8. The minimum atomic E-state index is -3.74. The Morgan fingerprint density at radius 1 is 0.622 bits per heavy atom. The van der Waals surface area contributed by atoms with Crippen LogP contribution in [0.15, 0.2) is 101 Å². The molecule has 1 aliphatic rings. The predicted molar refractivity (Wildman–Crippen MR) is 140 cm³/mol. The zero-order valence-corrected chi connectivity index (χ0v) is 20.0. The number of nitrogens with one attached hydrogen (secondary N) is 1. The molecule has 6 rings (SSSR count). The van der Waals surface area contributed by atoms with E-state index >= 15 is 0 Å². The number of carbonyl (C=O) groups is 1. The van der Waals surface area contributed by atoms with Gasteiger partial charge in [0.2, 0.25) is 15.6 Å². The summed E-state index contributed by atoms with van der Waals surface area (Å²) in [5, 5.41) is 35.8. The Bertz CT molecular complexity index is 1880. The molecule has 1 aliphatic heterocycles. The lowest BCUT2D eigenvalue weighted by atomic mass is 9.97. The first-order valence-corrected chi connectivity index (χ1v) is 12.8. The molecule has 1 amide bonds. The van der Waals surface area contributed by atoms with Gasteiger partial charge in [0.25, 0.3) is 5.91 Å². The number of fused-ring (bicyclic) bond motifs is 4. The predicted octanol–water partition coefficient (Wildman–Crippen LogP) is 5.69. The van der Waals surface area contributed by atoms with Gasteiger partial charge < -0.3 is 20.6 Å². The van der Waals surface area contributed by atoms with Crippen LogP contribution in [0.5, 0.6) is 17.2 Å². The lowest BCUT2D eigenvalue weighted by Gasteiger charge is -2.14. The van der Waals surface area contributed by atoms with Crippen LogP contribution < -0.4 is 5.32 Å². The summed E-state index contributed by atoms with van der Waals surface area (Å²) in [4.78, 5) is 13.4. The van der Waals surface area contributed by atoms with Crippen molar-refractivity contribution in [1.82, 2.24) is 0 Å². The van der Waals surface area contributed by atoms with Crippen LogP contribution in [0.2, 0.25) is 0 Å². The fraction of sp³-hybridized carbons (Fsp3) is 0. The molecule has 0 bridgehead atoms. The Hall–Kier alpha value is -4.82. The van der Waals surface area contributed by atoms with Crippen LogP contribution in [-0.4, -0.2) is 29.6 Å². The quantitative estimate of drug-likeness (QED) is 0.227. The number of phenols is 3. The van der Waals surface area contributed by atoms with Gasteiger partial charge in [-0.2, -0.15) is 0 Å². The van der Waals surface area contributed by atoms with E-state index in [9.17, 15) is 28.5 Å². The average Bonchev–Trinajstić information content (AvgIpc) is 3.13. The van der Waals surface area contributed by atoms with Gasteiger partial charge in [-0.15, -0.1) is 0 Å². The van der Waals surface area contributed by atoms with Crippen molar-refractivity contribution in [1.29, 1.82) is 0 Å². The van der Waals surface area contributed by atoms with Gasteiger partial charge in [0, 0.05) is 22.4 Å². The third-order valence-corrected chi connectivity index (χ3v) is 8.40. The molecule has 0 saturated carbocycles. The van der Waals surface area contributed by atoms with Crippen LogP contribution in [0.4, 0.5) is 5.69 Å². The van der Waals surface area contributed by atoms with E-state index in [2.05, 4.69) is 5.32 Å². The number of anilines is 1. The molecular weight excluding hydrogens is 490 g/mol. The number of benzene rings is 5. The van der Waals surface area contributed by atoms with Gasteiger partial charge in [0.1, 0.15) is 0 Å². The Labute approximate surface area is 211 Å². The SMILES string of the molecule is O=C(Nc1ccc2c(c1)S(=O)(=O)c1ccccc1-2)c1cc(-c2ccc3ccccc3c2)c(O)c(O)c1O. The summed E-state index contributed by atoms with van der Waals surface area (Å²) in [6.07, 6.45) is 0. The lowest BCUT2D eigenvalue weighted by molar-refractivity contribution is 0.102. The highest BCUT2D eigenvalue weighted by Crippen LogP contribution is 2.46. The molecule has 0 radical (unpaired) electrons. The first-order valence-electron chi connectivity index (χ1n) is 11.3. The standard InChI is InChI=1S/C29H19NO6S/c31-26-22(18-10-9-16-5-1-2-6-17(16)13-18)15-23(27(32)28(26)33)29(34)30-19-11-12-21-20-7-3-4-8-24(20)37(35,36)25(21)14-19/h1-15,31-33H,(H,30,34). The Kier molecular flexibility index (Phi) is 4.96. The molecule has 5 aromatic carbocycles. The van der Waals surface area contributed by atoms with E-state index in [0.29, 0.717) is 16.7 Å². The fourth-order valence-electron chi connectivity index (χ4n) is 4.68. The van der Waals surface area contributed by atoms with E-state index in [4.69, 9.17) is 0 Å². The molecule has 37 heavy (non-hydrogen) atoms. The number of rotatable bonds is 3. The van der Waals surface area contributed by atoms with Crippen LogP contribution in [0.25, 0.3) is 33.0 Å². The molecule has 0 aliphatic carbocycles. The van der Waals surface area contributed by atoms with Crippen LogP contribution in [-0.2, 0) is 9.84 Å². The van der Waals surface area contributed by atoms with Crippen molar-refractivity contribution in [3.05, 3.63) is 96.6 Å². The molecule has 0 spiro atoms. The monoisotopic (exact) mass is 509 g/mol. The molecule has 4 N–H and O–H groups in total. The number of carbonyl (C=O) groups excluding carboxylic acids is 1. The van der Waals surface area contributed by atoms with Crippen LogP contribution >= 0.6 is 0 Å². The van der Waals surface area contributed by atoms with Crippen molar-refractivity contribution >= 4 is 32.2 Å². The molecule has 0 aromatic heterocycles. The van der Waals surface area contributed by atoms with E-state index in [-0.39, 0.29) is 26.6 Å². The minimum absolute atomic E-state index is 0.0705. The van der Waals surface area contributed by atoms with E-state index < -0.39 is 33.0 Å². The lowest BCUT2D eigenvalue weighted by Crippen LogP contribution is -2.13. The molecular formula is C29H19NO6S. The van der Waals surface area contributed by atoms with Crippen molar-refractivity contribution in [3.63, 3.8) is 0 Å². The summed E-state index contributed by atoms with van der Waals surface area (Å²) >= 11 is 0. The highest BCUT2D eigenvalue weighted by Gasteiger charge is 2.33. The van der Waals surface area contributed by atoms with Crippen molar-refractivity contribution in [2.75, 3.05) is 5.32 Å². The third kappa shape index (κ3) is 3.49. The summed E-state index contributed by atoms with van der Waals surface area (Å²) < 4.78 is 26.0. The maximum Gasteiger partial charge on any atom is 0.259 e. The van der Waals surface area contributed by atoms with Crippen molar-refractivity contribution in [2.24, 2.45) is 0 Å². The second-order valence-corrected chi connectivity index (χ2v) is 10.6. The summed E-state index contributed by atoms with van der Waals surface area (Å²) in [7, 11) is -3.74. The Morgan fingerprint density at radius 2 is 1.32 bits per heavy atom. The van der Waals surface area contributed by atoms with E-state index in [1.54, 1.807) is 42.5 Å². The van der Waals surface area contributed by atoms with Crippen LogP contribution in [0.3, 0.4) is 0 Å². The smallest absolute Gasteiger partial charge is 0.259 e. The molecule has 8 heteroatoms. The van der Waals surface area contributed by atoms with Gasteiger partial charge in [-0.3, -0.25) is 4.79 Å². The Balaban J connectivity index is 1.39. The molecule has 0 fully saturated rings. The minimum Gasteiger partial charge on any atom is -0.504 e. The van der Waals surface area contributed by atoms with Gasteiger partial charge in [-0.1, -0.05) is 60.7 Å². The van der Waals surface area contributed by atoms with Crippen LogP contribution in [0, 0.1) is 0 Å². The topological polar surface area (TPSA) is 124 Å². The van der Waals surface area contributed by atoms with Gasteiger partial charge in [-0.05, 0) is 46.7 Å². The van der Waals surface area contributed by atoms with Gasteiger partial charge in [-0.25, -0.2) is 8.42 Å². The number of aromatic hydroxyl groups is 3. The summed E-state index contributed by atoms with van der Waals surface area (Å²) in [6.45, 7) is 0. The highest BCUT2D eigenvalue weighted by molar-refractivity contribution is 7.92. The maximum absolute atomic E-state index is 13.2. The molecule has 182 valence electrons. The summed E-state index contributed by atoms with van der Waals surface area (Å²) in [5.41, 5.74) is 1.72. The van der Waals surface area contributed by atoms with Crippen molar-refractivity contribution in [2.45, 2.75) is 9.79 Å². The van der Waals surface area contributed by atoms with Gasteiger partial charge in [0.15, 0.2) is 11.5 Å². The number of hydrogen-bond donors (Lipinski definition) is 4. The first kappa shape index (κ1) is 22.6. The average molecular weight is 510 g/mol. The second kappa shape index (κ2) is 8.11. The van der Waals surface area contributed by atoms with E-state index in [0.717, 1.165) is 10.8 Å². The molecule has 0 saturated heterocycles. The zero-order chi connectivity index (χ0) is 25.9. The van der Waals surface area contributed by atoms with Gasteiger partial charge >= 0.3 is 0 Å². The summed E-state index contributed by atoms with van der Waals surface area (Å²) in [6, 6.07) is 25.5. The Morgan fingerprint density at radius 3 is 2.14 bits per heavy atom. The molecule has 0 unspecified atom stereocenters. The molecule has 5 aromatic rings. The van der Waals surface area contributed by atoms with Gasteiger partial charge in [0.05, 0.1) is 15.4 Å². The normalized spacial score (nSPS) is 13.2. The number of phenolic OH excluding ortho intramolecular Hbond substituents is 3. The molecule has 7 nitrogen and oxygen atoms in total. The second-order valence-electron chi connectivity index (χ2n) is 8.74. The van der Waals surface area contributed by atoms with Crippen LogP contribution in [0.1, 0.15) is 10.4 Å². The van der Waals surface area contributed by atoms with Crippen molar-refractivity contribution < 1.29 is 28.5 Å². The largest absolute Gasteiger partial charge is 0.504 e. The number of amides is 1. The van der Waals surface area contributed by atoms with Crippen molar-refractivity contribution in [3.8, 4) is 39.5 Å².